The van der Waals surface area contributed by atoms with Crippen LogP contribution in [-0.2, 0) is 12.0 Å². The number of nitrogen functional groups attached to an aromatic ring is 1. The van der Waals surface area contributed by atoms with Gasteiger partial charge in [0.2, 0.25) is 0 Å². The first kappa shape index (κ1) is 13.9. The van der Waals surface area contributed by atoms with Crippen LogP contribution in [0.3, 0.4) is 0 Å². The lowest BCUT2D eigenvalue weighted by Crippen LogP contribution is -2.11. The Hall–Kier alpha value is -1.55. The standard InChI is InChI=1S/C15H20N2OS/c1-10-7-11(16)5-6-12(10)18-8-14-17-13(9-19-14)15(2,3)4/h5-7,9H,8,16H2,1-4H3. The van der Waals surface area contributed by atoms with Crippen molar-refractivity contribution in [1.29, 1.82) is 0 Å². The highest BCUT2D eigenvalue weighted by Gasteiger charge is 2.17. The summed E-state index contributed by atoms with van der Waals surface area (Å²) >= 11 is 1.64. The van der Waals surface area contributed by atoms with Gasteiger partial charge in [0, 0.05) is 16.5 Å². The molecule has 0 radical (unpaired) electrons. The fourth-order valence-electron chi connectivity index (χ4n) is 1.70. The Labute approximate surface area is 118 Å². The summed E-state index contributed by atoms with van der Waals surface area (Å²) in [5.74, 6) is 0.863. The minimum absolute atomic E-state index is 0.0892. The molecule has 0 spiro atoms. The van der Waals surface area contributed by atoms with E-state index in [1.54, 1.807) is 11.3 Å². The average Bonchev–Trinajstić information content (AvgIpc) is 2.76. The normalized spacial score (nSPS) is 11.6. The Bertz CT molecular complexity index is 570. The summed E-state index contributed by atoms with van der Waals surface area (Å²) in [6.45, 7) is 8.99. The molecule has 0 atom stereocenters. The zero-order valence-corrected chi connectivity index (χ0v) is 12.7. The molecular formula is C15H20N2OS. The van der Waals surface area contributed by atoms with Crippen LogP contribution < -0.4 is 10.5 Å². The summed E-state index contributed by atoms with van der Waals surface area (Å²) in [6.07, 6.45) is 0. The molecule has 1 aromatic heterocycles. The first-order valence-electron chi connectivity index (χ1n) is 6.30. The first-order valence-corrected chi connectivity index (χ1v) is 7.18. The molecule has 0 unspecified atom stereocenters. The van der Waals surface area contributed by atoms with Gasteiger partial charge in [-0.05, 0) is 30.7 Å². The minimum atomic E-state index is 0.0892. The van der Waals surface area contributed by atoms with Gasteiger partial charge in [-0.1, -0.05) is 20.8 Å². The third-order valence-corrected chi connectivity index (χ3v) is 3.69. The van der Waals surface area contributed by atoms with Crippen LogP contribution in [0.2, 0.25) is 0 Å². The van der Waals surface area contributed by atoms with Crippen molar-refractivity contribution >= 4 is 17.0 Å². The minimum Gasteiger partial charge on any atom is -0.486 e. The van der Waals surface area contributed by atoms with Crippen molar-refractivity contribution in [2.45, 2.75) is 39.7 Å². The number of aromatic nitrogens is 1. The summed E-state index contributed by atoms with van der Waals surface area (Å²) in [7, 11) is 0. The summed E-state index contributed by atoms with van der Waals surface area (Å²) < 4.78 is 5.80. The highest BCUT2D eigenvalue weighted by atomic mass is 32.1. The number of hydrogen-bond acceptors (Lipinski definition) is 4. The van der Waals surface area contributed by atoms with Crippen LogP contribution in [0.15, 0.2) is 23.6 Å². The maximum absolute atomic E-state index is 5.80. The maximum atomic E-state index is 5.80. The smallest absolute Gasteiger partial charge is 0.140 e. The Morgan fingerprint density at radius 1 is 1.32 bits per heavy atom. The number of hydrogen-bond donors (Lipinski definition) is 1. The third-order valence-electron chi connectivity index (χ3n) is 2.87. The number of anilines is 1. The monoisotopic (exact) mass is 276 g/mol. The molecule has 0 fully saturated rings. The quantitative estimate of drug-likeness (QED) is 0.865. The highest BCUT2D eigenvalue weighted by Crippen LogP contribution is 2.25. The summed E-state index contributed by atoms with van der Waals surface area (Å²) in [5, 5.41) is 3.11. The molecule has 0 aliphatic heterocycles. The van der Waals surface area contributed by atoms with Crippen LogP contribution >= 0.6 is 11.3 Å². The predicted molar refractivity (Wildman–Crippen MR) is 80.7 cm³/mol. The predicted octanol–water partition coefficient (Wildman–Crippen LogP) is 3.91. The van der Waals surface area contributed by atoms with Crippen LogP contribution in [0.1, 0.15) is 37.0 Å². The van der Waals surface area contributed by atoms with E-state index in [0.29, 0.717) is 6.61 Å². The van der Waals surface area contributed by atoms with E-state index in [0.717, 1.165) is 27.7 Å². The molecule has 1 heterocycles. The maximum Gasteiger partial charge on any atom is 0.140 e. The molecule has 4 heteroatoms. The summed E-state index contributed by atoms with van der Waals surface area (Å²) in [5.41, 5.74) is 8.73. The van der Waals surface area contributed by atoms with E-state index in [1.807, 2.05) is 25.1 Å². The van der Waals surface area contributed by atoms with E-state index in [-0.39, 0.29) is 5.41 Å². The number of ether oxygens (including phenoxy) is 1. The Kier molecular flexibility index (Phi) is 3.80. The molecule has 0 aliphatic carbocycles. The highest BCUT2D eigenvalue weighted by molar-refractivity contribution is 7.09. The van der Waals surface area contributed by atoms with Crippen molar-refractivity contribution in [3.63, 3.8) is 0 Å². The first-order chi connectivity index (χ1) is 8.86. The van der Waals surface area contributed by atoms with Gasteiger partial charge in [-0.2, -0.15) is 0 Å². The van der Waals surface area contributed by atoms with Crippen LogP contribution in [0.5, 0.6) is 5.75 Å². The van der Waals surface area contributed by atoms with Crippen LogP contribution in [0, 0.1) is 6.92 Å². The number of nitrogens with two attached hydrogens (primary N) is 1. The van der Waals surface area contributed by atoms with Crippen molar-refractivity contribution in [2.24, 2.45) is 0 Å². The largest absolute Gasteiger partial charge is 0.486 e. The number of aryl methyl sites for hydroxylation is 1. The second-order valence-corrected chi connectivity index (χ2v) is 6.63. The van der Waals surface area contributed by atoms with Crippen molar-refractivity contribution in [1.82, 2.24) is 4.98 Å². The SMILES string of the molecule is Cc1cc(N)ccc1OCc1nc(C(C)(C)C)cs1. The lowest BCUT2D eigenvalue weighted by atomic mass is 9.93. The molecule has 0 aliphatic rings. The Morgan fingerprint density at radius 3 is 2.63 bits per heavy atom. The molecule has 0 saturated carbocycles. The summed E-state index contributed by atoms with van der Waals surface area (Å²) in [4.78, 5) is 4.61. The van der Waals surface area contributed by atoms with Crippen molar-refractivity contribution < 1.29 is 4.74 Å². The molecule has 0 bridgehead atoms. The van der Waals surface area contributed by atoms with Gasteiger partial charge in [0.25, 0.3) is 0 Å². The third kappa shape index (κ3) is 3.47. The lowest BCUT2D eigenvalue weighted by Gasteiger charge is -2.14. The molecule has 0 amide bonds. The second-order valence-electron chi connectivity index (χ2n) is 5.69. The zero-order chi connectivity index (χ0) is 14.0. The van der Waals surface area contributed by atoms with E-state index in [4.69, 9.17) is 10.5 Å². The van der Waals surface area contributed by atoms with E-state index >= 15 is 0 Å². The van der Waals surface area contributed by atoms with Gasteiger partial charge in [0.15, 0.2) is 0 Å². The molecule has 2 aromatic rings. The van der Waals surface area contributed by atoms with Gasteiger partial charge in [0.1, 0.15) is 17.4 Å². The lowest BCUT2D eigenvalue weighted by molar-refractivity contribution is 0.303. The fraction of sp³-hybridized carbons (Fsp3) is 0.400. The zero-order valence-electron chi connectivity index (χ0n) is 11.9. The van der Waals surface area contributed by atoms with Crippen molar-refractivity contribution in [2.75, 3.05) is 5.73 Å². The van der Waals surface area contributed by atoms with Crippen molar-refractivity contribution in [3.8, 4) is 5.75 Å². The molecule has 1 aromatic carbocycles. The van der Waals surface area contributed by atoms with Gasteiger partial charge in [0.05, 0.1) is 5.69 Å². The topological polar surface area (TPSA) is 48.1 Å². The number of benzene rings is 1. The molecule has 2 rings (SSSR count). The van der Waals surface area contributed by atoms with E-state index in [2.05, 4.69) is 31.1 Å². The molecule has 19 heavy (non-hydrogen) atoms. The van der Waals surface area contributed by atoms with Crippen LogP contribution in [0.25, 0.3) is 0 Å². The Morgan fingerprint density at radius 2 is 2.05 bits per heavy atom. The van der Waals surface area contributed by atoms with Gasteiger partial charge >= 0.3 is 0 Å². The number of nitrogens with zero attached hydrogens (tertiary/aromatic N) is 1. The van der Waals surface area contributed by atoms with E-state index in [1.165, 1.54) is 0 Å². The average molecular weight is 276 g/mol. The fourth-order valence-corrected chi connectivity index (χ4v) is 2.63. The van der Waals surface area contributed by atoms with E-state index in [9.17, 15) is 0 Å². The van der Waals surface area contributed by atoms with E-state index < -0.39 is 0 Å². The number of rotatable bonds is 3. The van der Waals surface area contributed by atoms with Gasteiger partial charge in [-0.15, -0.1) is 11.3 Å². The van der Waals surface area contributed by atoms with Crippen LogP contribution in [0.4, 0.5) is 5.69 Å². The second kappa shape index (κ2) is 5.21. The van der Waals surface area contributed by atoms with Gasteiger partial charge in [-0.3, -0.25) is 0 Å². The molecule has 0 saturated heterocycles. The van der Waals surface area contributed by atoms with Crippen molar-refractivity contribution in [3.05, 3.63) is 39.8 Å². The number of thiazole rings is 1. The Balaban J connectivity index is 2.04. The van der Waals surface area contributed by atoms with Gasteiger partial charge < -0.3 is 10.5 Å². The van der Waals surface area contributed by atoms with Crippen LogP contribution in [-0.4, -0.2) is 4.98 Å². The molecule has 3 nitrogen and oxygen atoms in total. The molecule has 102 valence electrons. The van der Waals surface area contributed by atoms with Gasteiger partial charge in [-0.25, -0.2) is 4.98 Å². The molecular weight excluding hydrogens is 256 g/mol. The molecule has 2 N–H and O–H groups in total. The summed E-state index contributed by atoms with van der Waals surface area (Å²) in [6, 6.07) is 5.67.